The molecular formula is C15H30. The summed E-state index contributed by atoms with van der Waals surface area (Å²) < 4.78 is 0. The highest BCUT2D eigenvalue weighted by molar-refractivity contribution is 4.85. The molecule has 0 radical (unpaired) electrons. The predicted molar refractivity (Wildman–Crippen MR) is 68.9 cm³/mol. The lowest BCUT2D eigenvalue weighted by Gasteiger charge is -2.43. The van der Waals surface area contributed by atoms with Gasteiger partial charge in [-0.25, -0.2) is 0 Å². The Kier molecular flexibility index (Phi) is 5.15. The molecular weight excluding hydrogens is 180 g/mol. The first kappa shape index (κ1) is 13.1. The fourth-order valence-electron chi connectivity index (χ4n) is 4.08. The number of hydrogen-bond donors (Lipinski definition) is 0. The van der Waals surface area contributed by atoms with Gasteiger partial charge in [0.2, 0.25) is 0 Å². The lowest BCUT2D eigenvalue weighted by molar-refractivity contribution is 0.0676. The SMILES string of the molecule is CCC(CC)C1CCCC(C)C1C(C)C. The van der Waals surface area contributed by atoms with Gasteiger partial charge in [-0.3, -0.25) is 0 Å². The van der Waals surface area contributed by atoms with Crippen LogP contribution in [0, 0.1) is 29.6 Å². The van der Waals surface area contributed by atoms with Crippen LogP contribution in [0.15, 0.2) is 0 Å². The second-order valence-electron chi connectivity index (χ2n) is 5.97. The van der Waals surface area contributed by atoms with Crippen LogP contribution in [0.4, 0.5) is 0 Å². The van der Waals surface area contributed by atoms with Crippen molar-refractivity contribution in [3.8, 4) is 0 Å². The molecule has 1 aliphatic rings. The van der Waals surface area contributed by atoms with Crippen molar-refractivity contribution in [2.24, 2.45) is 29.6 Å². The van der Waals surface area contributed by atoms with E-state index in [2.05, 4.69) is 34.6 Å². The van der Waals surface area contributed by atoms with Crippen molar-refractivity contribution in [3.63, 3.8) is 0 Å². The van der Waals surface area contributed by atoms with Gasteiger partial charge in [0.25, 0.3) is 0 Å². The van der Waals surface area contributed by atoms with Crippen LogP contribution >= 0.6 is 0 Å². The molecule has 1 rings (SSSR count). The molecule has 3 atom stereocenters. The highest BCUT2D eigenvalue weighted by atomic mass is 14.4. The van der Waals surface area contributed by atoms with Crippen molar-refractivity contribution < 1.29 is 0 Å². The minimum absolute atomic E-state index is 0.880. The third-order valence-electron chi connectivity index (χ3n) is 4.77. The van der Waals surface area contributed by atoms with Crippen LogP contribution < -0.4 is 0 Å². The highest BCUT2D eigenvalue weighted by Crippen LogP contribution is 2.44. The van der Waals surface area contributed by atoms with Gasteiger partial charge < -0.3 is 0 Å². The molecule has 0 amide bonds. The van der Waals surface area contributed by atoms with E-state index in [1.165, 1.54) is 32.1 Å². The molecule has 0 heterocycles. The van der Waals surface area contributed by atoms with Crippen LogP contribution in [0.3, 0.4) is 0 Å². The van der Waals surface area contributed by atoms with Gasteiger partial charge in [-0.15, -0.1) is 0 Å². The van der Waals surface area contributed by atoms with Crippen LogP contribution in [0.25, 0.3) is 0 Å². The van der Waals surface area contributed by atoms with Crippen molar-refractivity contribution in [1.29, 1.82) is 0 Å². The van der Waals surface area contributed by atoms with Gasteiger partial charge in [0.05, 0.1) is 0 Å². The van der Waals surface area contributed by atoms with Crippen LogP contribution in [0.5, 0.6) is 0 Å². The third-order valence-corrected chi connectivity index (χ3v) is 4.77. The number of hydrogen-bond acceptors (Lipinski definition) is 0. The summed E-state index contributed by atoms with van der Waals surface area (Å²) in [5.74, 6) is 4.84. The summed E-state index contributed by atoms with van der Waals surface area (Å²) in [5, 5.41) is 0. The molecule has 0 aromatic rings. The largest absolute Gasteiger partial charge is 0.0651 e. The lowest BCUT2D eigenvalue weighted by atomic mass is 9.63. The Morgan fingerprint density at radius 3 is 2.13 bits per heavy atom. The molecule has 0 nitrogen and oxygen atoms in total. The zero-order valence-corrected chi connectivity index (χ0v) is 11.4. The molecule has 3 unspecified atom stereocenters. The topological polar surface area (TPSA) is 0 Å². The van der Waals surface area contributed by atoms with E-state index >= 15 is 0 Å². The Bertz CT molecular complexity index is 167. The second kappa shape index (κ2) is 5.92. The summed E-state index contributed by atoms with van der Waals surface area (Å²) in [4.78, 5) is 0. The van der Waals surface area contributed by atoms with Gasteiger partial charge in [-0.1, -0.05) is 60.3 Å². The van der Waals surface area contributed by atoms with E-state index < -0.39 is 0 Å². The summed E-state index contributed by atoms with van der Waals surface area (Å²) in [6, 6.07) is 0. The Labute approximate surface area is 96.8 Å². The average Bonchev–Trinajstić information content (AvgIpc) is 2.19. The monoisotopic (exact) mass is 210 g/mol. The van der Waals surface area contributed by atoms with Crippen LogP contribution in [-0.4, -0.2) is 0 Å². The minimum atomic E-state index is 0.880. The normalized spacial score (nSPS) is 32.6. The number of rotatable bonds is 4. The van der Waals surface area contributed by atoms with E-state index in [0.717, 1.165) is 29.6 Å². The van der Waals surface area contributed by atoms with E-state index in [4.69, 9.17) is 0 Å². The highest BCUT2D eigenvalue weighted by Gasteiger charge is 2.35. The summed E-state index contributed by atoms with van der Waals surface area (Å²) in [6.07, 6.45) is 7.22. The van der Waals surface area contributed by atoms with Gasteiger partial charge in [0, 0.05) is 0 Å². The van der Waals surface area contributed by atoms with Crippen LogP contribution in [-0.2, 0) is 0 Å². The molecule has 0 N–H and O–H groups in total. The van der Waals surface area contributed by atoms with E-state index in [0.29, 0.717) is 0 Å². The molecule has 0 heteroatoms. The van der Waals surface area contributed by atoms with E-state index in [-0.39, 0.29) is 0 Å². The fraction of sp³-hybridized carbons (Fsp3) is 1.00. The summed E-state index contributed by atoms with van der Waals surface area (Å²) >= 11 is 0. The Morgan fingerprint density at radius 1 is 1.07 bits per heavy atom. The molecule has 0 bridgehead atoms. The fourth-order valence-corrected chi connectivity index (χ4v) is 4.08. The van der Waals surface area contributed by atoms with Crippen molar-refractivity contribution in [1.82, 2.24) is 0 Å². The molecule has 15 heavy (non-hydrogen) atoms. The molecule has 90 valence electrons. The smallest absolute Gasteiger partial charge is 0.0334 e. The van der Waals surface area contributed by atoms with Gasteiger partial charge >= 0.3 is 0 Å². The molecule has 0 aliphatic heterocycles. The first-order valence-corrected chi connectivity index (χ1v) is 7.11. The first-order valence-electron chi connectivity index (χ1n) is 7.11. The molecule has 0 saturated heterocycles. The van der Waals surface area contributed by atoms with Crippen molar-refractivity contribution in [2.75, 3.05) is 0 Å². The Hall–Kier alpha value is 0. The van der Waals surface area contributed by atoms with E-state index in [1.807, 2.05) is 0 Å². The zero-order valence-electron chi connectivity index (χ0n) is 11.4. The summed E-state index contributed by atoms with van der Waals surface area (Å²) in [7, 11) is 0. The first-order chi connectivity index (χ1) is 7.11. The summed E-state index contributed by atoms with van der Waals surface area (Å²) in [5.41, 5.74) is 0. The van der Waals surface area contributed by atoms with Crippen molar-refractivity contribution in [3.05, 3.63) is 0 Å². The standard InChI is InChI=1S/C15H30/c1-6-13(7-2)14-10-8-9-12(5)15(14)11(3)4/h11-15H,6-10H2,1-5H3. The molecule has 0 aromatic heterocycles. The second-order valence-corrected chi connectivity index (χ2v) is 5.97. The average molecular weight is 210 g/mol. The minimum Gasteiger partial charge on any atom is -0.0651 e. The van der Waals surface area contributed by atoms with Crippen LogP contribution in [0.2, 0.25) is 0 Å². The van der Waals surface area contributed by atoms with E-state index in [9.17, 15) is 0 Å². The van der Waals surface area contributed by atoms with Crippen molar-refractivity contribution >= 4 is 0 Å². The Balaban J connectivity index is 2.73. The third kappa shape index (κ3) is 2.98. The van der Waals surface area contributed by atoms with Gasteiger partial charge in [-0.2, -0.15) is 0 Å². The summed E-state index contributed by atoms with van der Waals surface area (Å²) in [6.45, 7) is 12.1. The quantitative estimate of drug-likeness (QED) is 0.603. The maximum absolute atomic E-state index is 2.49. The molecule has 0 aromatic carbocycles. The maximum atomic E-state index is 2.49. The van der Waals surface area contributed by atoms with Crippen molar-refractivity contribution in [2.45, 2.75) is 66.7 Å². The van der Waals surface area contributed by atoms with E-state index in [1.54, 1.807) is 0 Å². The molecule has 0 spiro atoms. The molecule has 1 fully saturated rings. The molecule has 1 aliphatic carbocycles. The zero-order chi connectivity index (χ0) is 11.4. The maximum Gasteiger partial charge on any atom is -0.0334 e. The Morgan fingerprint density at radius 2 is 1.67 bits per heavy atom. The predicted octanol–water partition coefficient (Wildman–Crippen LogP) is 5.13. The lowest BCUT2D eigenvalue weighted by Crippen LogP contribution is -2.35. The van der Waals surface area contributed by atoms with Crippen LogP contribution in [0.1, 0.15) is 66.7 Å². The van der Waals surface area contributed by atoms with Gasteiger partial charge in [-0.05, 0) is 36.0 Å². The van der Waals surface area contributed by atoms with Gasteiger partial charge in [0.1, 0.15) is 0 Å². The van der Waals surface area contributed by atoms with Gasteiger partial charge in [0.15, 0.2) is 0 Å². The molecule has 1 saturated carbocycles.